The minimum absolute atomic E-state index is 0.0196. The lowest BCUT2D eigenvalue weighted by Crippen LogP contribution is -2.26. The quantitative estimate of drug-likeness (QED) is 0.442. The molecule has 7 nitrogen and oxygen atoms in total. The van der Waals surface area contributed by atoms with E-state index in [0.29, 0.717) is 29.0 Å². The molecule has 0 amide bonds. The third-order valence-electron chi connectivity index (χ3n) is 5.52. The van der Waals surface area contributed by atoms with E-state index < -0.39 is 5.97 Å². The monoisotopic (exact) mass is 467 g/mol. The van der Waals surface area contributed by atoms with Crippen molar-refractivity contribution >= 4 is 23.5 Å². The van der Waals surface area contributed by atoms with E-state index in [0.717, 1.165) is 37.1 Å². The maximum Gasteiger partial charge on any atom is 0.339 e. The molecule has 0 unspecified atom stereocenters. The van der Waals surface area contributed by atoms with Crippen LogP contribution in [0.3, 0.4) is 0 Å². The Morgan fingerprint density at radius 2 is 1.82 bits per heavy atom. The molecule has 1 aromatic heterocycles. The van der Waals surface area contributed by atoms with Crippen LogP contribution in [0, 0.1) is 0 Å². The Morgan fingerprint density at radius 1 is 1.12 bits per heavy atom. The van der Waals surface area contributed by atoms with Crippen molar-refractivity contribution in [3.8, 4) is 11.5 Å². The molecule has 1 atom stereocenters. The molecule has 1 saturated heterocycles. The molecule has 3 aromatic rings. The zero-order valence-electron chi connectivity index (χ0n) is 18.4. The molecule has 1 aliphatic heterocycles. The van der Waals surface area contributed by atoms with Gasteiger partial charge >= 0.3 is 5.97 Å². The summed E-state index contributed by atoms with van der Waals surface area (Å²) in [7, 11) is 0. The van der Waals surface area contributed by atoms with E-state index in [1.807, 2.05) is 43.3 Å². The fraction of sp³-hybridized carbons (Fsp3) is 0.320. The molecule has 172 valence electrons. The second kappa shape index (κ2) is 10.5. The number of aromatic carboxylic acids is 1. The van der Waals surface area contributed by atoms with E-state index >= 15 is 0 Å². The van der Waals surface area contributed by atoms with Crippen molar-refractivity contribution in [3.63, 3.8) is 0 Å². The van der Waals surface area contributed by atoms with Crippen molar-refractivity contribution in [1.82, 2.24) is 9.97 Å². The number of hydrogen-bond acceptors (Lipinski definition) is 6. The summed E-state index contributed by atoms with van der Waals surface area (Å²) in [5, 5.41) is 10.3. The van der Waals surface area contributed by atoms with Crippen LogP contribution in [0.4, 0.5) is 5.95 Å². The summed E-state index contributed by atoms with van der Waals surface area (Å²) in [4.78, 5) is 22.8. The fourth-order valence-corrected chi connectivity index (χ4v) is 4.00. The first-order valence-electron chi connectivity index (χ1n) is 11.0. The van der Waals surface area contributed by atoms with Crippen molar-refractivity contribution in [2.24, 2.45) is 0 Å². The van der Waals surface area contributed by atoms with Crippen molar-refractivity contribution in [1.29, 1.82) is 0 Å². The first-order chi connectivity index (χ1) is 16.0. The Bertz CT molecular complexity index is 1090. The number of halogens is 1. The smallest absolute Gasteiger partial charge is 0.339 e. The highest BCUT2D eigenvalue weighted by Crippen LogP contribution is 2.35. The molecule has 8 heteroatoms. The molecular weight excluding hydrogens is 442 g/mol. The second-order valence-corrected chi connectivity index (χ2v) is 8.28. The molecule has 2 heterocycles. The van der Waals surface area contributed by atoms with E-state index in [4.69, 9.17) is 21.1 Å². The van der Waals surface area contributed by atoms with E-state index in [-0.39, 0.29) is 18.2 Å². The average molecular weight is 468 g/mol. The first kappa shape index (κ1) is 22.9. The van der Waals surface area contributed by atoms with Gasteiger partial charge in [0.05, 0.1) is 18.3 Å². The molecule has 0 radical (unpaired) electrons. The van der Waals surface area contributed by atoms with Crippen molar-refractivity contribution in [2.45, 2.75) is 38.8 Å². The minimum Gasteiger partial charge on any atom is -0.494 e. The number of rotatable bonds is 9. The molecule has 4 rings (SSSR count). The number of aromatic nitrogens is 2. The predicted molar refractivity (Wildman–Crippen MR) is 126 cm³/mol. The number of carboxylic acids is 1. The van der Waals surface area contributed by atoms with Gasteiger partial charge < -0.3 is 19.5 Å². The molecule has 1 aliphatic rings. The van der Waals surface area contributed by atoms with Gasteiger partial charge in [0.2, 0.25) is 5.95 Å². The van der Waals surface area contributed by atoms with E-state index in [1.165, 1.54) is 6.20 Å². The Kier molecular flexibility index (Phi) is 7.29. The molecule has 0 saturated carbocycles. The van der Waals surface area contributed by atoms with Gasteiger partial charge in [-0.15, -0.1) is 0 Å². The van der Waals surface area contributed by atoms with Crippen LogP contribution in [0.2, 0.25) is 5.02 Å². The van der Waals surface area contributed by atoms with Gasteiger partial charge in [-0.1, -0.05) is 30.7 Å². The molecule has 1 N–H and O–H groups in total. The Morgan fingerprint density at radius 3 is 2.48 bits per heavy atom. The third-order valence-corrected chi connectivity index (χ3v) is 5.77. The Labute approximate surface area is 198 Å². The third kappa shape index (κ3) is 5.54. The summed E-state index contributed by atoms with van der Waals surface area (Å²) >= 11 is 6.04. The SMILES string of the molecule is CCCOc1ccc(OCc2nc(N3CCC[C@H]3c3ccc(Cl)cc3)ncc2C(=O)O)cc1. The highest BCUT2D eigenvalue weighted by atomic mass is 35.5. The van der Waals surface area contributed by atoms with Crippen molar-refractivity contribution in [3.05, 3.63) is 76.6 Å². The standard InChI is InChI=1S/C25H26ClN3O4/c1-2-14-32-19-9-11-20(12-10-19)33-16-22-21(24(30)31)15-27-25(28-22)29-13-3-4-23(29)17-5-7-18(26)8-6-17/h5-12,15,23H,2-4,13-14,16H2,1H3,(H,30,31)/t23-/m0/s1. The summed E-state index contributed by atoms with van der Waals surface area (Å²) in [6.45, 7) is 3.51. The number of nitrogens with zero attached hydrogens (tertiary/aromatic N) is 3. The lowest BCUT2D eigenvalue weighted by molar-refractivity contribution is 0.0692. The van der Waals surface area contributed by atoms with Gasteiger partial charge in [-0.2, -0.15) is 0 Å². The number of benzene rings is 2. The zero-order chi connectivity index (χ0) is 23.2. The minimum atomic E-state index is -1.08. The molecule has 0 aliphatic carbocycles. The van der Waals surface area contributed by atoms with Gasteiger partial charge in [0, 0.05) is 17.8 Å². The second-order valence-electron chi connectivity index (χ2n) is 7.85. The summed E-state index contributed by atoms with van der Waals surface area (Å²) in [6, 6.07) is 15.1. The summed E-state index contributed by atoms with van der Waals surface area (Å²) < 4.78 is 11.4. The number of anilines is 1. The molecular formula is C25H26ClN3O4. The summed E-state index contributed by atoms with van der Waals surface area (Å²) in [6.07, 6.45) is 4.25. The highest BCUT2D eigenvalue weighted by molar-refractivity contribution is 6.30. The molecule has 0 spiro atoms. The summed E-state index contributed by atoms with van der Waals surface area (Å²) in [5.74, 6) is 0.788. The number of carboxylic acid groups (broad SMARTS) is 1. The van der Waals surface area contributed by atoms with Crippen LogP contribution in [-0.2, 0) is 6.61 Å². The highest BCUT2D eigenvalue weighted by Gasteiger charge is 2.29. The number of ether oxygens (including phenoxy) is 2. The van der Waals surface area contributed by atoms with Crippen LogP contribution < -0.4 is 14.4 Å². The van der Waals surface area contributed by atoms with Crippen molar-refractivity contribution < 1.29 is 19.4 Å². The van der Waals surface area contributed by atoms with Crippen LogP contribution in [0.25, 0.3) is 0 Å². The van der Waals surface area contributed by atoms with Crippen LogP contribution in [0.1, 0.15) is 53.8 Å². The van der Waals surface area contributed by atoms with Gasteiger partial charge in [-0.05, 0) is 61.2 Å². The van der Waals surface area contributed by atoms with Gasteiger partial charge in [0.1, 0.15) is 23.7 Å². The van der Waals surface area contributed by atoms with Gasteiger partial charge in [-0.25, -0.2) is 14.8 Å². The van der Waals surface area contributed by atoms with E-state index in [1.54, 1.807) is 12.1 Å². The lowest BCUT2D eigenvalue weighted by atomic mass is 10.1. The average Bonchev–Trinajstić information content (AvgIpc) is 3.32. The number of hydrogen-bond donors (Lipinski definition) is 1. The molecule has 1 fully saturated rings. The summed E-state index contributed by atoms with van der Waals surface area (Å²) in [5.41, 5.74) is 1.50. The van der Waals surface area contributed by atoms with Crippen LogP contribution in [0.5, 0.6) is 11.5 Å². The maximum absolute atomic E-state index is 11.8. The van der Waals surface area contributed by atoms with E-state index in [9.17, 15) is 9.90 Å². The van der Waals surface area contributed by atoms with Gasteiger partial charge in [-0.3, -0.25) is 0 Å². The normalized spacial score (nSPS) is 15.5. The van der Waals surface area contributed by atoms with Crippen molar-refractivity contribution in [2.75, 3.05) is 18.1 Å². The molecule has 2 aromatic carbocycles. The fourth-order valence-electron chi connectivity index (χ4n) is 3.87. The van der Waals surface area contributed by atoms with Crippen LogP contribution >= 0.6 is 11.6 Å². The number of carbonyl (C=O) groups is 1. The predicted octanol–water partition coefficient (Wildman–Crippen LogP) is 5.54. The zero-order valence-corrected chi connectivity index (χ0v) is 19.2. The Balaban J connectivity index is 1.53. The first-order valence-corrected chi connectivity index (χ1v) is 11.4. The van der Waals surface area contributed by atoms with E-state index in [2.05, 4.69) is 14.9 Å². The maximum atomic E-state index is 11.8. The lowest BCUT2D eigenvalue weighted by Gasteiger charge is -2.25. The molecule has 33 heavy (non-hydrogen) atoms. The van der Waals surface area contributed by atoms with Crippen LogP contribution in [0.15, 0.2) is 54.7 Å². The van der Waals surface area contributed by atoms with Gasteiger partial charge in [0.15, 0.2) is 0 Å². The topological polar surface area (TPSA) is 84.8 Å². The Hall–Kier alpha value is -3.32. The largest absolute Gasteiger partial charge is 0.494 e. The van der Waals surface area contributed by atoms with Crippen LogP contribution in [-0.4, -0.2) is 34.2 Å². The molecule has 0 bridgehead atoms. The van der Waals surface area contributed by atoms with Gasteiger partial charge in [0.25, 0.3) is 0 Å².